The molecule has 0 fully saturated rings. The van der Waals surface area contributed by atoms with Gasteiger partial charge in [0, 0.05) is 28.7 Å². The SMILES string of the molecule is CC(C)(Cn1ccnn1)c1c[nH]c2ccccc12. The summed E-state index contributed by atoms with van der Waals surface area (Å²) >= 11 is 0. The van der Waals surface area contributed by atoms with Gasteiger partial charge in [-0.25, -0.2) is 0 Å². The van der Waals surface area contributed by atoms with E-state index in [1.807, 2.05) is 16.9 Å². The quantitative estimate of drug-likeness (QED) is 0.765. The summed E-state index contributed by atoms with van der Waals surface area (Å²) in [6.07, 6.45) is 5.71. The molecule has 0 saturated heterocycles. The molecule has 18 heavy (non-hydrogen) atoms. The zero-order valence-corrected chi connectivity index (χ0v) is 10.6. The van der Waals surface area contributed by atoms with Crippen molar-refractivity contribution in [2.75, 3.05) is 0 Å². The fraction of sp³-hybridized carbons (Fsp3) is 0.286. The maximum absolute atomic E-state index is 4.05. The van der Waals surface area contributed by atoms with Crippen LogP contribution in [0.4, 0.5) is 0 Å². The average molecular weight is 240 g/mol. The van der Waals surface area contributed by atoms with E-state index in [-0.39, 0.29) is 5.41 Å². The van der Waals surface area contributed by atoms with E-state index in [1.54, 1.807) is 6.20 Å². The Hall–Kier alpha value is -2.10. The van der Waals surface area contributed by atoms with Gasteiger partial charge >= 0.3 is 0 Å². The minimum Gasteiger partial charge on any atom is -0.361 e. The van der Waals surface area contributed by atoms with Gasteiger partial charge in [0.15, 0.2) is 0 Å². The smallest absolute Gasteiger partial charge is 0.0692 e. The molecule has 4 heteroatoms. The molecule has 0 aliphatic rings. The highest BCUT2D eigenvalue weighted by Gasteiger charge is 2.24. The molecule has 3 aromatic rings. The van der Waals surface area contributed by atoms with Crippen molar-refractivity contribution < 1.29 is 0 Å². The highest BCUT2D eigenvalue weighted by atomic mass is 15.4. The molecule has 1 N–H and O–H groups in total. The number of nitrogens with zero attached hydrogens (tertiary/aromatic N) is 3. The maximum Gasteiger partial charge on any atom is 0.0692 e. The molecule has 0 atom stereocenters. The number of aromatic nitrogens is 4. The minimum atomic E-state index is 0.00725. The number of fused-ring (bicyclic) bond motifs is 1. The van der Waals surface area contributed by atoms with Crippen molar-refractivity contribution in [1.29, 1.82) is 0 Å². The minimum absolute atomic E-state index is 0.00725. The van der Waals surface area contributed by atoms with E-state index in [2.05, 4.69) is 53.5 Å². The van der Waals surface area contributed by atoms with Gasteiger partial charge in [0.1, 0.15) is 0 Å². The van der Waals surface area contributed by atoms with Crippen LogP contribution in [0.5, 0.6) is 0 Å². The lowest BCUT2D eigenvalue weighted by Crippen LogP contribution is -2.24. The molecule has 0 bridgehead atoms. The van der Waals surface area contributed by atoms with Crippen LogP contribution < -0.4 is 0 Å². The van der Waals surface area contributed by atoms with Crippen LogP contribution in [0.1, 0.15) is 19.4 Å². The number of aromatic amines is 1. The van der Waals surface area contributed by atoms with Gasteiger partial charge in [0.2, 0.25) is 0 Å². The Morgan fingerprint density at radius 3 is 2.89 bits per heavy atom. The van der Waals surface area contributed by atoms with Crippen molar-refractivity contribution in [3.05, 3.63) is 48.4 Å². The molecule has 0 aliphatic carbocycles. The third-order valence-corrected chi connectivity index (χ3v) is 3.35. The van der Waals surface area contributed by atoms with Crippen LogP contribution in [0.3, 0.4) is 0 Å². The van der Waals surface area contributed by atoms with Gasteiger partial charge in [-0.1, -0.05) is 37.3 Å². The average Bonchev–Trinajstić information content (AvgIpc) is 2.96. The molecule has 4 nitrogen and oxygen atoms in total. The molecular weight excluding hydrogens is 224 g/mol. The second-order valence-corrected chi connectivity index (χ2v) is 5.23. The summed E-state index contributed by atoms with van der Waals surface area (Å²) in [5, 5.41) is 9.18. The molecule has 0 aliphatic heterocycles. The van der Waals surface area contributed by atoms with Gasteiger partial charge in [-0.2, -0.15) is 0 Å². The number of hydrogen-bond donors (Lipinski definition) is 1. The van der Waals surface area contributed by atoms with Crippen molar-refractivity contribution in [3.63, 3.8) is 0 Å². The topological polar surface area (TPSA) is 46.5 Å². The molecule has 3 rings (SSSR count). The molecule has 2 heterocycles. The van der Waals surface area contributed by atoms with Gasteiger partial charge in [0.05, 0.1) is 12.7 Å². The summed E-state index contributed by atoms with van der Waals surface area (Å²) in [5.41, 5.74) is 2.50. The summed E-state index contributed by atoms with van der Waals surface area (Å²) in [6.45, 7) is 5.27. The second kappa shape index (κ2) is 3.98. The van der Waals surface area contributed by atoms with Crippen molar-refractivity contribution in [1.82, 2.24) is 20.0 Å². The van der Waals surface area contributed by atoms with Gasteiger partial charge in [-0.05, 0) is 11.6 Å². The van der Waals surface area contributed by atoms with E-state index in [4.69, 9.17) is 0 Å². The van der Waals surface area contributed by atoms with E-state index in [0.717, 1.165) is 6.54 Å². The third-order valence-electron chi connectivity index (χ3n) is 3.35. The third kappa shape index (κ3) is 1.79. The Labute approximate surface area is 106 Å². The lowest BCUT2D eigenvalue weighted by atomic mass is 9.84. The van der Waals surface area contributed by atoms with Crippen molar-refractivity contribution in [3.8, 4) is 0 Å². The summed E-state index contributed by atoms with van der Waals surface area (Å²) in [7, 11) is 0. The first-order valence-corrected chi connectivity index (χ1v) is 6.07. The maximum atomic E-state index is 4.05. The summed E-state index contributed by atoms with van der Waals surface area (Å²) < 4.78 is 1.88. The predicted octanol–water partition coefficient (Wildman–Crippen LogP) is 2.74. The van der Waals surface area contributed by atoms with E-state index in [1.165, 1.54) is 16.5 Å². The molecule has 0 spiro atoms. The predicted molar refractivity (Wildman–Crippen MR) is 71.3 cm³/mol. The second-order valence-electron chi connectivity index (χ2n) is 5.23. The van der Waals surface area contributed by atoms with Crippen LogP contribution >= 0.6 is 0 Å². The first-order chi connectivity index (χ1) is 8.67. The van der Waals surface area contributed by atoms with E-state index in [0.29, 0.717) is 0 Å². The molecule has 0 unspecified atom stereocenters. The zero-order valence-electron chi connectivity index (χ0n) is 10.6. The summed E-state index contributed by atoms with van der Waals surface area (Å²) in [6, 6.07) is 8.38. The highest BCUT2D eigenvalue weighted by Crippen LogP contribution is 2.31. The number of nitrogens with one attached hydrogen (secondary N) is 1. The van der Waals surface area contributed by atoms with Crippen LogP contribution in [0.15, 0.2) is 42.9 Å². The lowest BCUT2D eigenvalue weighted by molar-refractivity contribution is 0.404. The van der Waals surface area contributed by atoms with Gasteiger partial charge in [-0.3, -0.25) is 4.68 Å². The largest absolute Gasteiger partial charge is 0.361 e. The van der Waals surface area contributed by atoms with Crippen LogP contribution in [-0.2, 0) is 12.0 Å². The molecule has 2 aromatic heterocycles. The van der Waals surface area contributed by atoms with Gasteiger partial charge in [-0.15, -0.1) is 5.10 Å². The molecular formula is C14H16N4. The van der Waals surface area contributed by atoms with Crippen LogP contribution in [0.2, 0.25) is 0 Å². The molecule has 1 aromatic carbocycles. The molecule has 92 valence electrons. The highest BCUT2D eigenvalue weighted by molar-refractivity contribution is 5.84. The standard InChI is InChI=1S/C14H16N4/c1-14(2,10-18-8-7-16-17-18)12-9-15-13-6-4-3-5-11(12)13/h3-9,15H,10H2,1-2H3. The summed E-state index contributed by atoms with van der Waals surface area (Å²) in [5.74, 6) is 0. The van der Waals surface area contributed by atoms with Gasteiger partial charge < -0.3 is 4.98 Å². The Morgan fingerprint density at radius 1 is 1.28 bits per heavy atom. The Morgan fingerprint density at radius 2 is 2.11 bits per heavy atom. The number of rotatable bonds is 3. The van der Waals surface area contributed by atoms with Crippen molar-refractivity contribution in [2.45, 2.75) is 25.8 Å². The number of H-pyrrole nitrogens is 1. The number of para-hydroxylation sites is 1. The number of hydrogen-bond acceptors (Lipinski definition) is 2. The van der Waals surface area contributed by atoms with Crippen molar-refractivity contribution >= 4 is 10.9 Å². The molecule has 0 radical (unpaired) electrons. The first kappa shape index (κ1) is 11.0. The monoisotopic (exact) mass is 240 g/mol. The molecule has 0 amide bonds. The van der Waals surface area contributed by atoms with E-state index < -0.39 is 0 Å². The van der Waals surface area contributed by atoms with Crippen LogP contribution in [0.25, 0.3) is 10.9 Å². The fourth-order valence-corrected chi connectivity index (χ4v) is 2.44. The van der Waals surface area contributed by atoms with Crippen LogP contribution in [0, 0.1) is 0 Å². The normalized spacial score (nSPS) is 12.1. The van der Waals surface area contributed by atoms with Crippen molar-refractivity contribution in [2.24, 2.45) is 0 Å². The number of benzene rings is 1. The summed E-state index contributed by atoms with van der Waals surface area (Å²) in [4.78, 5) is 3.33. The lowest BCUT2D eigenvalue weighted by Gasteiger charge is -2.24. The first-order valence-electron chi connectivity index (χ1n) is 6.07. The Kier molecular flexibility index (Phi) is 2.44. The van der Waals surface area contributed by atoms with Crippen LogP contribution in [-0.4, -0.2) is 20.0 Å². The Balaban J connectivity index is 2.02. The zero-order chi connectivity index (χ0) is 12.6. The molecule has 0 saturated carbocycles. The van der Waals surface area contributed by atoms with E-state index >= 15 is 0 Å². The fourth-order valence-electron chi connectivity index (χ4n) is 2.44. The van der Waals surface area contributed by atoms with Gasteiger partial charge in [0.25, 0.3) is 0 Å². The van der Waals surface area contributed by atoms with E-state index in [9.17, 15) is 0 Å². The Bertz CT molecular complexity index is 649.